The Morgan fingerprint density at radius 1 is 0.396 bits per heavy atom. The molecule has 19 rings (SSSR count). The van der Waals surface area contributed by atoms with Gasteiger partial charge in [0.2, 0.25) is 22.2 Å². The lowest BCUT2D eigenvalue weighted by atomic mass is 9.81. The number of ether oxygens (including phenoxy) is 4. The van der Waals surface area contributed by atoms with Gasteiger partial charge in [-0.25, -0.2) is 24.7 Å². The number of anilines is 8. The molecule has 10 N–H and O–H groups in total. The first-order chi connectivity index (χ1) is 64.1. The van der Waals surface area contributed by atoms with Gasteiger partial charge < -0.3 is 103 Å². The monoisotopic (exact) mass is 2010 g/mol. The predicted molar refractivity (Wildman–Crippen MR) is 531 cm³/mol. The van der Waals surface area contributed by atoms with E-state index in [9.17, 15) is 38.4 Å². The molecule has 0 saturated carbocycles. The molecule has 5 fully saturated rings. The maximum atomic E-state index is 13.5. The molecule has 0 unspecified atom stereocenters. The number of fused-ring (bicyclic) bond motifs is 4. The number of carbonyl (C=O) groups is 4. The van der Waals surface area contributed by atoms with Crippen LogP contribution in [0.15, 0.2) is 207 Å². The van der Waals surface area contributed by atoms with Gasteiger partial charge in [-0.1, -0.05) is 0 Å². The number of H-pyrrole nitrogens is 4. The quantitative estimate of drug-likeness (QED) is 0.0382. The fourth-order valence-electron chi connectivity index (χ4n) is 15.9. The Morgan fingerprint density at radius 3 is 1.15 bits per heavy atom. The van der Waals surface area contributed by atoms with Crippen LogP contribution in [-0.4, -0.2) is 192 Å². The number of pyridine rings is 8. The Labute approximate surface area is 795 Å². The van der Waals surface area contributed by atoms with E-state index in [1.54, 1.807) is 104 Å². The molecular formula is C97H102BBr3N16O17. The average molecular weight is 2010 g/mol. The summed E-state index contributed by atoms with van der Waals surface area (Å²) < 4.78 is 45.5. The van der Waals surface area contributed by atoms with E-state index in [4.69, 9.17) is 47.9 Å². The molecule has 14 aromatic rings. The number of halogens is 3. The second-order valence-electron chi connectivity index (χ2n) is 33.6. The Kier molecular flexibility index (Phi) is 31.1. The topological polar surface area (TPSA) is 428 Å². The number of aromatic nitrogens is 8. The molecule has 696 valence electrons. The van der Waals surface area contributed by atoms with Crippen LogP contribution in [0.3, 0.4) is 0 Å². The molecule has 0 atom stereocenters. The summed E-state index contributed by atoms with van der Waals surface area (Å²) in [5.41, 5.74) is 21.1. The van der Waals surface area contributed by atoms with E-state index >= 15 is 0 Å². The van der Waals surface area contributed by atoms with Crippen LogP contribution >= 0.6 is 47.8 Å². The number of morpholine rings is 4. The van der Waals surface area contributed by atoms with Crippen LogP contribution in [0.2, 0.25) is 0 Å². The van der Waals surface area contributed by atoms with Crippen LogP contribution in [0, 0.1) is 48.5 Å². The van der Waals surface area contributed by atoms with Gasteiger partial charge in [-0.15, -0.1) is 0 Å². The summed E-state index contributed by atoms with van der Waals surface area (Å²) in [6.45, 7) is 31.8. The number of aryl methyl sites for hydroxylation is 7. The number of hydrogen-bond acceptors (Lipinski definition) is 25. The molecular weight excluding hydrogens is 1910 g/mol. The molecule has 37 heteroatoms. The van der Waals surface area contributed by atoms with E-state index in [0.29, 0.717) is 167 Å². The summed E-state index contributed by atoms with van der Waals surface area (Å²) >= 11 is 10.0. The highest BCUT2D eigenvalue weighted by Gasteiger charge is 2.52. The number of carboxylic acid groups (broad SMARTS) is 1. The van der Waals surface area contributed by atoms with Gasteiger partial charge in [0.1, 0.15) is 28.8 Å². The highest BCUT2D eigenvalue weighted by atomic mass is 79.9. The van der Waals surface area contributed by atoms with E-state index in [0.717, 1.165) is 114 Å². The molecule has 0 aliphatic carbocycles. The van der Waals surface area contributed by atoms with Crippen LogP contribution in [0.4, 0.5) is 46.0 Å². The first-order valence-corrected chi connectivity index (χ1v) is 45.7. The van der Waals surface area contributed by atoms with Gasteiger partial charge in [0, 0.05) is 181 Å². The number of benzene rings is 4. The minimum atomic E-state index is -0.963. The van der Waals surface area contributed by atoms with E-state index in [1.807, 2.05) is 142 Å². The zero-order valence-electron chi connectivity index (χ0n) is 75.7. The Morgan fingerprint density at radius 2 is 0.746 bits per heavy atom. The molecule has 134 heavy (non-hydrogen) atoms. The molecule has 0 bridgehead atoms. The van der Waals surface area contributed by atoms with Crippen molar-refractivity contribution in [3.05, 3.63) is 281 Å². The van der Waals surface area contributed by atoms with Crippen LogP contribution in [0.1, 0.15) is 108 Å². The zero-order valence-corrected chi connectivity index (χ0v) is 80.5. The smallest absolute Gasteiger partial charge is 0.478 e. The number of furan rings is 2. The lowest BCUT2D eigenvalue weighted by Gasteiger charge is -2.32. The van der Waals surface area contributed by atoms with Crippen LogP contribution < -0.4 is 69.0 Å². The van der Waals surface area contributed by atoms with E-state index in [2.05, 4.69) is 118 Å². The van der Waals surface area contributed by atoms with Gasteiger partial charge >= 0.3 is 13.1 Å². The lowest BCUT2D eigenvalue weighted by Crippen LogP contribution is -2.41. The van der Waals surface area contributed by atoms with E-state index in [1.165, 1.54) is 0 Å². The SMILES string of the molecule is CC1(C)OB(c2ccoc2)OC1(C)C.Cc1cc(=O)[nH]c2c(C)cc(N)cc12.Cc1cc(=O)[nH]c2c(C)cc(NC(=O)c3cc(-c4ccoc4)cnc3N3CCOCC3)cc12.Cc1cc(=O)[nH]c2c(C)cc(NC(=O)c3cc(Br)cnc3N3CCOCC3)cc12.Cc1cc(=O)[nH]c2ccc(NC(=O)c3cc(Br)cnc3N3CCOCC3)cc12.O=C(O)c1cc(Br)cnc1N1CCOCC1. The average Bonchev–Trinajstić information content (AvgIpc) is 1.59. The van der Waals surface area contributed by atoms with Gasteiger partial charge in [0.15, 0.2) is 0 Å². The molecule has 0 spiro atoms. The molecule has 5 aliphatic heterocycles. The standard InChI is InChI=1S/C25H24N4O4.C21H21BrN4O3.C20H19BrN4O3.C11H12N2O.C10H15BO3.C10H11BrN2O3/c1-15-10-22(30)28-23-16(2)9-19(12-20(15)23)27-25(31)21-11-18(17-3-6-33-14-17)13-26-24(21)29-4-7-32-8-5-29;1-12-8-18(27)25-19-13(2)7-15(10-16(12)19)24-21(28)17-9-14(22)11-23-20(17)26-3-5-29-6-4-26;1-12-8-18(26)24-17-3-2-14(10-15(12)17)23-20(27)16-9-13(21)11-22-19(16)25-4-6-28-7-5-25;1-6-4-10(14)13-11-7(2)3-8(12)5-9(6)11;1-9(2)10(3,4)14-11(13-9)8-5-6-12-7-8;11-7-5-8(10(14)15)9(12-6-7)13-1-3-16-4-2-13/h3,6,9-14H,4-5,7-8H2,1-2H3,(H,27,31)(H,28,30);7-11H,3-6H2,1-2H3,(H,24,28)(H,25,27);2-3,8-11H,4-7H2,1H3,(H,23,27)(H,24,26);3-5H,12H2,1-2H3,(H,13,14);5-7H,1-4H3;5-6H,1-4H2,(H,14,15). The number of nitrogens with two attached hydrogens (primary N) is 1. The summed E-state index contributed by atoms with van der Waals surface area (Å²) in [5.74, 6) is 0.737. The Balaban J connectivity index is 0.000000133. The number of nitrogens with one attached hydrogen (secondary N) is 7. The van der Waals surface area contributed by atoms with Gasteiger partial charge in [0.05, 0.1) is 122 Å². The normalized spacial score (nSPS) is 15.1. The van der Waals surface area contributed by atoms with Crippen molar-refractivity contribution in [3.63, 3.8) is 0 Å². The molecule has 5 saturated heterocycles. The summed E-state index contributed by atoms with van der Waals surface area (Å²) in [7, 11) is -0.307. The number of hydrogen-bond donors (Lipinski definition) is 9. The Bertz CT molecular complexity index is 6930. The van der Waals surface area contributed by atoms with Crippen molar-refractivity contribution in [2.24, 2.45) is 0 Å². The van der Waals surface area contributed by atoms with Crippen molar-refractivity contribution in [2.75, 3.05) is 146 Å². The highest BCUT2D eigenvalue weighted by Crippen LogP contribution is 2.38. The minimum Gasteiger partial charge on any atom is -0.478 e. The number of carboxylic acids is 1. The molecule has 33 nitrogen and oxygen atoms in total. The zero-order chi connectivity index (χ0) is 95.4. The molecule has 15 heterocycles. The number of aromatic amines is 4. The second-order valence-corrected chi connectivity index (χ2v) is 36.4. The first kappa shape index (κ1) is 97.1. The van der Waals surface area contributed by atoms with Gasteiger partial charge in [-0.05, 0) is 254 Å². The van der Waals surface area contributed by atoms with Crippen LogP contribution in [0.5, 0.6) is 0 Å². The third-order valence-corrected chi connectivity index (χ3v) is 24.7. The largest absolute Gasteiger partial charge is 0.498 e. The maximum Gasteiger partial charge on any atom is 0.498 e. The van der Waals surface area contributed by atoms with E-state index < -0.39 is 5.97 Å². The lowest BCUT2D eigenvalue weighted by molar-refractivity contribution is 0.00578. The Hall–Kier alpha value is -13.0. The molecule has 3 amide bonds. The van der Waals surface area contributed by atoms with Crippen molar-refractivity contribution in [1.82, 2.24) is 39.9 Å². The summed E-state index contributed by atoms with van der Waals surface area (Å²) in [5, 5.41) is 21.8. The van der Waals surface area contributed by atoms with Crippen LogP contribution in [0.25, 0.3) is 54.7 Å². The van der Waals surface area contributed by atoms with Gasteiger partial charge in [-0.3, -0.25) is 33.6 Å². The predicted octanol–water partition coefficient (Wildman–Crippen LogP) is 15.0. The fourth-order valence-corrected chi connectivity index (χ4v) is 16.9. The van der Waals surface area contributed by atoms with Crippen molar-refractivity contribution >= 4 is 174 Å². The summed E-state index contributed by atoms with van der Waals surface area (Å²) in [6.07, 6.45) is 13.3. The minimum absolute atomic E-state index is 0.0668. The van der Waals surface area contributed by atoms with Gasteiger partial charge in [0.25, 0.3) is 17.7 Å². The summed E-state index contributed by atoms with van der Waals surface area (Å²) in [4.78, 5) is 134. The number of aromatic carboxylic acids is 1. The van der Waals surface area contributed by atoms with Crippen molar-refractivity contribution in [1.29, 1.82) is 0 Å². The number of rotatable bonds is 13. The molecule has 5 aliphatic rings. The summed E-state index contributed by atoms with van der Waals surface area (Å²) in [6, 6.07) is 33.6. The number of amides is 3. The second kappa shape index (κ2) is 42.9. The van der Waals surface area contributed by atoms with Crippen molar-refractivity contribution in [2.45, 2.75) is 87.4 Å². The van der Waals surface area contributed by atoms with Gasteiger partial charge in [-0.2, -0.15) is 0 Å². The van der Waals surface area contributed by atoms with E-state index in [-0.39, 0.29) is 63.8 Å². The molecule has 0 radical (unpaired) electrons. The molecule has 10 aromatic heterocycles. The first-order valence-electron chi connectivity index (χ1n) is 43.3. The number of nitrogen functional groups attached to an aromatic ring is 1. The fraction of sp³-hybridized carbons (Fsp3) is 0.299. The molecule has 4 aromatic carbocycles. The number of nitrogens with zero attached hydrogens (tertiary/aromatic N) is 8. The van der Waals surface area contributed by atoms with Crippen LogP contribution in [-0.2, 0) is 28.3 Å². The van der Waals surface area contributed by atoms with Crippen molar-refractivity contribution < 1.29 is 61.4 Å². The highest BCUT2D eigenvalue weighted by molar-refractivity contribution is 9.11. The van der Waals surface area contributed by atoms with Crippen molar-refractivity contribution in [3.8, 4) is 11.1 Å². The third kappa shape index (κ3) is 23.6. The maximum absolute atomic E-state index is 13.5. The third-order valence-electron chi connectivity index (χ3n) is 23.4. The number of carbonyl (C=O) groups excluding carboxylic acids is 3.